The molecule has 1 atom stereocenters. The summed E-state index contributed by atoms with van der Waals surface area (Å²) < 4.78 is 4.98. The number of methoxy groups -OCH3 is 1. The van der Waals surface area contributed by atoms with Gasteiger partial charge in [-0.1, -0.05) is 6.07 Å². The van der Waals surface area contributed by atoms with Gasteiger partial charge in [0, 0.05) is 19.3 Å². The lowest BCUT2D eigenvalue weighted by Gasteiger charge is -2.12. The summed E-state index contributed by atoms with van der Waals surface area (Å²) in [7, 11) is 1.65. The van der Waals surface area contributed by atoms with Crippen LogP contribution in [-0.2, 0) is 11.3 Å². The number of nitrogens with one attached hydrogen (secondary N) is 1. The van der Waals surface area contributed by atoms with Crippen molar-refractivity contribution in [1.82, 2.24) is 10.3 Å². The fraction of sp³-hybridized carbons (Fsp3) is 0.455. The monoisotopic (exact) mass is 350 g/mol. The second kappa shape index (κ2) is 9.17. The molecular weight excluding hydrogens is 331 g/mol. The van der Waals surface area contributed by atoms with Gasteiger partial charge in [-0.2, -0.15) is 0 Å². The molecule has 0 amide bonds. The van der Waals surface area contributed by atoms with E-state index >= 15 is 0 Å². The lowest BCUT2D eigenvalue weighted by molar-refractivity contribution is 0.179. The maximum absolute atomic E-state index is 5.71. The van der Waals surface area contributed by atoms with Crippen molar-refractivity contribution in [2.45, 2.75) is 19.5 Å². The highest BCUT2D eigenvalue weighted by atomic mass is 127. The number of halogens is 1. The highest BCUT2D eigenvalue weighted by molar-refractivity contribution is 14.0. The van der Waals surface area contributed by atoms with Gasteiger partial charge in [-0.15, -0.1) is 24.0 Å². The van der Waals surface area contributed by atoms with Gasteiger partial charge < -0.3 is 15.8 Å². The number of nitrogens with two attached hydrogens (primary N) is 1. The number of guanidine groups is 1. The van der Waals surface area contributed by atoms with Crippen LogP contribution in [0.1, 0.15) is 12.6 Å². The Hall–Kier alpha value is -0.890. The zero-order valence-electron chi connectivity index (χ0n) is 10.1. The predicted molar refractivity (Wildman–Crippen MR) is 79.5 cm³/mol. The first-order chi connectivity index (χ1) is 7.72. The van der Waals surface area contributed by atoms with Crippen LogP contribution in [0.3, 0.4) is 0 Å². The number of hydrogen-bond donors (Lipinski definition) is 2. The van der Waals surface area contributed by atoms with Crippen molar-refractivity contribution in [3.8, 4) is 0 Å². The van der Waals surface area contributed by atoms with Crippen LogP contribution >= 0.6 is 24.0 Å². The normalized spacial score (nSPS) is 12.7. The number of rotatable bonds is 5. The van der Waals surface area contributed by atoms with Crippen molar-refractivity contribution in [1.29, 1.82) is 0 Å². The summed E-state index contributed by atoms with van der Waals surface area (Å²) in [5, 5.41) is 3.03. The number of hydrogen-bond acceptors (Lipinski definition) is 3. The third kappa shape index (κ3) is 7.11. The number of pyridine rings is 1. The Morgan fingerprint density at radius 1 is 1.59 bits per heavy atom. The first-order valence-electron chi connectivity index (χ1n) is 5.17. The van der Waals surface area contributed by atoms with Crippen LogP contribution in [0.5, 0.6) is 0 Å². The van der Waals surface area contributed by atoms with Gasteiger partial charge in [0.05, 0.1) is 18.8 Å². The van der Waals surface area contributed by atoms with E-state index in [9.17, 15) is 0 Å². The van der Waals surface area contributed by atoms with E-state index in [-0.39, 0.29) is 30.0 Å². The standard InChI is InChI=1S/C11H18N4O.HI/c1-9(8-16-2)15-11(12)14-7-10-5-3-4-6-13-10;/h3-6,9H,7-8H2,1-2H3,(H3,12,14,15);1H. The van der Waals surface area contributed by atoms with Crippen LogP contribution in [0, 0.1) is 0 Å². The highest BCUT2D eigenvalue weighted by Gasteiger charge is 2.01. The molecule has 96 valence electrons. The second-order valence-electron chi connectivity index (χ2n) is 3.52. The smallest absolute Gasteiger partial charge is 0.189 e. The Kier molecular flexibility index (Phi) is 8.69. The fourth-order valence-corrected chi connectivity index (χ4v) is 1.25. The van der Waals surface area contributed by atoms with Crippen molar-refractivity contribution in [3.63, 3.8) is 0 Å². The summed E-state index contributed by atoms with van der Waals surface area (Å²) in [5.74, 6) is 0.412. The zero-order valence-corrected chi connectivity index (χ0v) is 12.4. The molecule has 1 aromatic rings. The molecule has 17 heavy (non-hydrogen) atoms. The van der Waals surface area contributed by atoms with E-state index < -0.39 is 0 Å². The molecular formula is C11H19IN4O. The van der Waals surface area contributed by atoms with Crippen LogP contribution in [0.2, 0.25) is 0 Å². The predicted octanol–water partition coefficient (Wildman–Crippen LogP) is 1.14. The minimum absolute atomic E-state index is 0. The number of aliphatic imine (C=N–C) groups is 1. The average Bonchev–Trinajstić information content (AvgIpc) is 2.28. The third-order valence-corrected chi connectivity index (χ3v) is 1.95. The van der Waals surface area contributed by atoms with Gasteiger partial charge in [0.15, 0.2) is 5.96 Å². The van der Waals surface area contributed by atoms with E-state index in [1.807, 2.05) is 25.1 Å². The Bertz CT molecular complexity index is 332. The second-order valence-corrected chi connectivity index (χ2v) is 3.52. The number of aromatic nitrogens is 1. The van der Waals surface area contributed by atoms with Crippen LogP contribution in [0.15, 0.2) is 29.4 Å². The van der Waals surface area contributed by atoms with E-state index in [0.717, 1.165) is 5.69 Å². The number of nitrogens with zero attached hydrogens (tertiary/aromatic N) is 2. The Morgan fingerprint density at radius 2 is 2.35 bits per heavy atom. The molecule has 3 N–H and O–H groups in total. The largest absolute Gasteiger partial charge is 0.383 e. The molecule has 0 aliphatic rings. The Morgan fingerprint density at radius 3 is 2.94 bits per heavy atom. The molecule has 6 heteroatoms. The molecule has 0 aromatic carbocycles. The van der Waals surface area contributed by atoms with Gasteiger partial charge in [0.2, 0.25) is 0 Å². The van der Waals surface area contributed by atoms with Gasteiger partial charge in [0.1, 0.15) is 0 Å². The summed E-state index contributed by atoms with van der Waals surface area (Å²) in [5.41, 5.74) is 6.60. The quantitative estimate of drug-likeness (QED) is 0.475. The Balaban J connectivity index is 0.00000256. The lowest BCUT2D eigenvalue weighted by Crippen LogP contribution is -2.40. The molecule has 0 aliphatic carbocycles. The van der Waals surface area contributed by atoms with Crippen molar-refractivity contribution < 1.29 is 4.74 Å². The summed E-state index contributed by atoms with van der Waals surface area (Å²) in [6.45, 7) is 3.06. The van der Waals surface area contributed by atoms with Crippen molar-refractivity contribution in [2.24, 2.45) is 10.7 Å². The van der Waals surface area contributed by atoms with Gasteiger partial charge in [0.25, 0.3) is 0 Å². The fourth-order valence-electron chi connectivity index (χ4n) is 1.25. The third-order valence-electron chi connectivity index (χ3n) is 1.95. The van der Waals surface area contributed by atoms with Crippen molar-refractivity contribution >= 4 is 29.9 Å². The molecule has 0 fully saturated rings. The van der Waals surface area contributed by atoms with Gasteiger partial charge in [-0.25, -0.2) is 4.99 Å². The SMILES string of the molecule is COCC(C)NC(N)=NCc1ccccn1.I. The van der Waals surface area contributed by atoms with Crippen LogP contribution in [0.25, 0.3) is 0 Å². The lowest BCUT2D eigenvalue weighted by atomic mass is 10.3. The van der Waals surface area contributed by atoms with Crippen LogP contribution in [-0.4, -0.2) is 30.7 Å². The van der Waals surface area contributed by atoms with Gasteiger partial charge in [-0.05, 0) is 19.1 Å². The van der Waals surface area contributed by atoms with Crippen LogP contribution in [0.4, 0.5) is 0 Å². The van der Waals surface area contributed by atoms with Gasteiger partial charge in [-0.3, -0.25) is 4.98 Å². The van der Waals surface area contributed by atoms with Crippen molar-refractivity contribution in [2.75, 3.05) is 13.7 Å². The topological polar surface area (TPSA) is 72.5 Å². The molecule has 0 radical (unpaired) electrons. The summed E-state index contributed by atoms with van der Waals surface area (Å²) in [4.78, 5) is 8.33. The minimum Gasteiger partial charge on any atom is -0.383 e. The maximum atomic E-state index is 5.71. The van der Waals surface area contributed by atoms with E-state index in [0.29, 0.717) is 19.1 Å². The molecule has 0 spiro atoms. The molecule has 1 rings (SSSR count). The van der Waals surface area contributed by atoms with E-state index in [2.05, 4.69) is 15.3 Å². The first-order valence-corrected chi connectivity index (χ1v) is 5.17. The molecule has 0 aliphatic heterocycles. The summed E-state index contributed by atoms with van der Waals surface area (Å²) >= 11 is 0. The van der Waals surface area contributed by atoms with Gasteiger partial charge >= 0.3 is 0 Å². The zero-order chi connectivity index (χ0) is 11.8. The molecule has 1 aromatic heterocycles. The van der Waals surface area contributed by atoms with E-state index in [1.165, 1.54) is 0 Å². The molecule has 0 bridgehead atoms. The molecule has 1 unspecified atom stereocenters. The first kappa shape index (κ1) is 16.1. The highest BCUT2D eigenvalue weighted by Crippen LogP contribution is 1.94. The maximum Gasteiger partial charge on any atom is 0.189 e. The molecule has 1 heterocycles. The molecule has 5 nitrogen and oxygen atoms in total. The summed E-state index contributed by atoms with van der Waals surface area (Å²) in [6.07, 6.45) is 1.74. The average molecular weight is 350 g/mol. The summed E-state index contributed by atoms with van der Waals surface area (Å²) in [6, 6.07) is 5.86. The minimum atomic E-state index is 0. The van der Waals surface area contributed by atoms with E-state index in [4.69, 9.17) is 10.5 Å². The van der Waals surface area contributed by atoms with Crippen molar-refractivity contribution in [3.05, 3.63) is 30.1 Å². The molecule has 0 saturated carbocycles. The van der Waals surface area contributed by atoms with E-state index in [1.54, 1.807) is 13.3 Å². The number of ether oxygens (including phenoxy) is 1. The Labute approximate surface area is 119 Å². The van der Waals surface area contributed by atoms with Crippen LogP contribution < -0.4 is 11.1 Å². The molecule has 0 saturated heterocycles.